The number of nitrogens with zero attached hydrogens (tertiary/aromatic N) is 1. The summed E-state index contributed by atoms with van der Waals surface area (Å²) in [5.41, 5.74) is 3.81. The second-order valence-corrected chi connectivity index (χ2v) is 7.79. The van der Waals surface area contributed by atoms with Crippen LogP contribution in [-0.4, -0.2) is 10.9 Å². The van der Waals surface area contributed by atoms with E-state index >= 15 is 0 Å². The minimum Gasteiger partial charge on any atom is -0.326 e. The van der Waals surface area contributed by atoms with E-state index in [1.165, 1.54) is 10.3 Å². The van der Waals surface area contributed by atoms with Crippen LogP contribution in [0, 0.1) is 12.3 Å². The Morgan fingerprint density at radius 1 is 1.17 bits per heavy atom. The van der Waals surface area contributed by atoms with E-state index in [0.29, 0.717) is 0 Å². The van der Waals surface area contributed by atoms with Gasteiger partial charge in [-0.1, -0.05) is 26.8 Å². The first-order valence-corrected chi connectivity index (χ1v) is 9.00. The van der Waals surface area contributed by atoms with E-state index in [2.05, 4.69) is 30.4 Å². The van der Waals surface area contributed by atoms with Gasteiger partial charge in [0.25, 0.3) is 0 Å². The summed E-state index contributed by atoms with van der Waals surface area (Å²) in [6.45, 7) is 8.03. The Kier molecular flexibility index (Phi) is 4.41. The number of carbonyl (C=O) groups is 1. The molecule has 124 valence electrons. The van der Waals surface area contributed by atoms with Crippen LogP contribution < -0.4 is 5.32 Å². The summed E-state index contributed by atoms with van der Waals surface area (Å²) >= 11 is 1.69. The second kappa shape index (κ2) is 6.36. The first kappa shape index (κ1) is 16.7. The van der Waals surface area contributed by atoms with Crippen molar-refractivity contribution in [3.63, 3.8) is 0 Å². The average Bonchev–Trinajstić information content (AvgIpc) is 2.98. The summed E-state index contributed by atoms with van der Waals surface area (Å²) in [6, 6.07) is 14.2. The molecular weight excluding hydrogens is 316 g/mol. The highest BCUT2D eigenvalue weighted by atomic mass is 32.1. The predicted molar refractivity (Wildman–Crippen MR) is 102 cm³/mol. The number of carbonyl (C=O) groups excluding carboxylic acids is 1. The molecule has 24 heavy (non-hydrogen) atoms. The zero-order valence-corrected chi connectivity index (χ0v) is 15.3. The lowest BCUT2D eigenvalue weighted by molar-refractivity contribution is -0.124. The average molecular weight is 338 g/mol. The zero-order chi connectivity index (χ0) is 17.3. The quantitative estimate of drug-likeness (QED) is 0.668. The van der Waals surface area contributed by atoms with Gasteiger partial charge < -0.3 is 5.32 Å². The summed E-state index contributed by atoms with van der Waals surface area (Å²) in [5.74, 6) is 0.0493. The molecule has 4 heteroatoms. The normalized spacial score (nSPS) is 11.7. The molecule has 0 saturated carbocycles. The molecule has 1 heterocycles. The predicted octanol–water partition coefficient (Wildman–Crippen LogP) is 5.65. The molecule has 0 saturated heterocycles. The molecule has 0 atom stereocenters. The van der Waals surface area contributed by atoms with Crippen molar-refractivity contribution in [2.24, 2.45) is 5.41 Å². The number of benzene rings is 2. The van der Waals surface area contributed by atoms with E-state index < -0.39 is 0 Å². The molecule has 2 aromatic carbocycles. The number of hydrogen-bond acceptors (Lipinski definition) is 3. The van der Waals surface area contributed by atoms with Crippen molar-refractivity contribution in [1.82, 2.24) is 4.98 Å². The Morgan fingerprint density at radius 2 is 1.88 bits per heavy atom. The number of amides is 1. The van der Waals surface area contributed by atoms with Gasteiger partial charge in [-0.2, -0.15) is 0 Å². The summed E-state index contributed by atoms with van der Waals surface area (Å²) in [5, 5.41) is 3.99. The van der Waals surface area contributed by atoms with E-state index in [0.717, 1.165) is 28.2 Å². The van der Waals surface area contributed by atoms with Crippen LogP contribution in [0.5, 0.6) is 0 Å². The largest absolute Gasteiger partial charge is 0.326 e. The number of anilines is 1. The monoisotopic (exact) mass is 338 g/mol. The van der Waals surface area contributed by atoms with Crippen LogP contribution in [0.15, 0.2) is 42.5 Å². The van der Waals surface area contributed by atoms with Crippen molar-refractivity contribution in [2.75, 3.05) is 5.32 Å². The molecule has 0 radical (unpaired) electrons. The summed E-state index contributed by atoms with van der Waals surface area (Å²) in [7, 11) is 0. The highest BCUT2D eigenvalue weighted by Gasteiger charge is 2.25. The molecule has 0 aliphatic rings. The van der Waals surface area contributed by atoms with Gasteiger partial charge in [-0.3, -0.25) is 4.79 Å². The SMILES string of the molecule is CCC(C)(C)C(=O)Nc1ccc(-c2nc3ccc(C)cc3s2)cc1. The van der Waals surface area contributed by atoms with E-state index in [9.17, 15) is 4.79 Å². The lowest BCUT2D eigenvalue weighted by Gasteiger charge is -2.21. The van der Waals surface area contributed by atoms with Gasteiger partial charge in [-0.25, -0.2) is 4.98 Å². The third-order valence-electron chi connectivity index (χ3n) is 4.43. The Labute approximate surface area is 146 Å². The topological polar surface area (TPSA) is 42.0 Å². The number of rotatable bonds is 4. The standard InChI is InChI=1S/C20H22N2OS/c1-5-20(3,4)19(23)21-15-9-7-14(8-10-15)18-22-16-11-6-13(2)12-17(16)24-18/h6-12H,5H2,1-4H3,(H,21,23). The molecule has 0 bridgehead atoms. The minimum absolute atomic E-state index is 0.0493. The van der Waals surface area contributed by atoms with Gasteiger partial charge in [0.05, 0.1) is 10.2 Å². The fourth-order valence-electron chi connectivity index (χ4n) is 2.31. The Balaban J connectivity index is 1.82. The van der Waals surface area contributed by atoms with E-state index in [1.54, 1.807) is 11.3 Å². The number of fused-ring (bicyclic) bond motifs is 1. The highest BCUT2D eigenvalue weighted by Crippen LogP contribution is 2.31. The molecule has 3 aromatic rings. The van der Waals surface area contributed by atoms with Gasteiger partial charge in [0.1, 0.15) is 5.01 Å². The molecule has 3 rings (SSSR count). The fraction of sp³-hybridized carbons (Fsp3) is 0.300. The van der Waals surface area contributed by atoms with Gasteiger partial charge in [0.15, 0.2) is 0 Å². The summed E-state index contributed by atoms with van der Waals surface area (Å²) in [6.07, 6.45) is 0.808. The van der Waals surface area contributed by atoms with Crippen LogP contribution in [0.25, 0.3) is 20.8 Å². The number of hydrogen-bond donors (Lipinski definition) is 1. The molecule has 1 N–H and O–H groups in total. The van der Waals surface area contributed by atoms with Crippen molar-refractivity contribution >= 4 is 33.1 Å². The maximum absolute atomic E-state index is 12.2. The van der Waals surface area contributed by atoms with Gasteiger partial charge >= 0.3 is 0 Å². The van der Waals surface area contributed by atoms with Crippen molar-refractivity contribution in [3.05, 3.63) is 48.0 Å². The molecule has 0 unspecified atom stereocenters. The molecule has 1 amide bonds. The van der Waals surface area contributed by atoms with Crippen molar-refractivity contribution in [3.8, 4) is 10.6 Å². The van der Waals surface area contributed by atoms with Crippen LogP contribution in [0.3, 0.4) is 0 Å². The molecule has 3 nitrogen and oxygen atoms in total. The maximum atomic E-state index is 12.2. The molecule has 0 aliphatic carbocycles. The van der Waals surface area contributed by atoms with Crippen LogP contribution >= 0.6 is 11.3 Å². The van der Waals surface area contributed by atoms with Gasteiger partial charge in [-0.05, 0) is 55.3 Å². The van der Waals surface area contributed by atoms with Crippen LogP contribution in [0.2, 0.25) is 0 Å². The maximum Gasteiger partial charge on any atom is 0.230 e. The number of aromatic nitrogens is 1. The smallest absolute Gasteiger partial charge is 0.230 e. The van der Waals surface area contributed by atoms with Gasteiger partial charge in [0.2, 0.25) is 5.91 Å². The lowest BCUT2D eigenvalue weighted by atomic mass is 9.89. The van der Waals surface area contributed by atoms with E-state index in [-0.39, 0.29) is 11.3 Å². The van der Waals surface area contributed by atoms with E-state index in [4.69, 9.17) is 4.98 Å². The number of nitrogens with one attached hydrogen (secondary N) is 1. The molecular formula is C20H22N2OS. The van der Waals surface area contributed by atoms with Crippen LogP contribution in [0.4, 0.5) is 5.69 Å². The Hall–Kier alpha value is -2.20. The molecule has 1 aromatic heterocycles. The van der Waals surface area contributed by atoms with Gasteiger partial charge in [0, 0.05) is 16.7 Å². The first-order valence-electron chi connectivity index (χ1n) is 8.18. The third-order valence-corrected chi connectivity index (χ3v) is 5.50. The Bertz CT molecular complexity index is 878. The lowest BCUT2D eigenvalue weighted by Crippen LogP contribution is -2.29. The Morgan fingerprint density at radius 3 is 2.54 bits per heavy atom. The molecule has 0 aliphatic heterocycles. The molecule has 0 spiro atoms. The number of thiazole rings is 1. The summed E-state index contributed by atoms with van der Waals surface area (Å²) in [4.78, 5) is 16.9. The third kappa shape index (κ3) is 3.34. The van der Waals surface area contributed by atoms with Crippen molar-refractivity contribution in [1.29, 1.82) is 0 Å². The van der Waals surface area contributed by atoms with E-state index in [1.807, 2.05) is 45.0 Å². The number of aryl methyl sites for hydroxylation is 1. The summed E-state index contributed by atoms with van der Waals surface area (Å²) < 4.78 is 1.20. The van der Waals surface area contributed by atoms with Crippen molar-refractivity contribution in [2.45, 2.75) is 34.1 Å². The first-order chi connectivity index (χ1) is 11.4. The van der Waals surface area contributed by atoms with Gasteiger partial charge in [-0.15, -0.1) is 11.3 Å². The van der Waals surface area contributed by atoms with Crippen LogP contribution in [0.1, 0.15) is 32.8 Å². The second-order valence-electron chi connectivity index (χ2n) is 6.76. The zero-order valence-electron chi connectivity index (χ0n) is 14.5. The molecule has 0 fully saturated rings. The fourth-order valence-corrected chi connectivity index (χ4v) is 3.38. The van der Waals surface area contributed by atoms with Crippen molar-refractivity contribution < 1.29 is 4.79 Å². The minimum atomic E-state index is -0.358. The van der Waals surface area contributed by atoms with Crippen LogP contribution in [-0.2, 0) is 4.79 Å². The highest BCUT2D eigenvalue weighted by molar-refractivity contribution is 7.21.